The molecule has 76 valence electrons. The first kappa shape index (κ1) is 10.7. The van der Waals surface area contributed by atoms with Gasteiger partial charge in [0, 0.05) is 11.8 Å². The zero-order valence-electron chi connectivity index (χ0n) is 8.23. The van der Waals surface area contributed by atoms with Crippen LogP contribution in [0.15, 0.2) is 18.3 Å². The summed E-state index contributed by atoms with van der Waals surface area (Å²) in [4.78, 5) is 14.4. The summed E-state index contributed by atoms with van der Waals surface area (Å²) >= 11 is 0. The van der Waals surface area contributed by atoms with Crippen molar-refractivity contribution in [3.05, 3.63) is 29.6 Å². The number of rotatable bonds is 4. The van der Waals surface area contributed by atoms with Crippen molar-refractivity contribution in [1.82, 2.24) is 4.98 Å². The van der Waals surface area contributed by atoms with E-state index >= 15 is 0 Å². The Labute approximate surface area is 82.5 Å². The van der Waals surface area contributed by atoms with Crippen LogP contribution in [0.2, 0.25) is 0 Å². The van der Waals surface area contributed by atoms with E-state index in [9.17, 15) is 4.79 Å². The molecule has 0 aliphatic carbocycles. The molecule has 1 rings (SSSR count). The molecule has 14 heavy (non-hydrogen) atoms. The lowest BCUT2D eigenvalue weighted by Crippen LogP contribution is -2.24. The van der Waals surface area contributed by atoms with Gasteiger partial charge in [-0.2, -0.15) is 0 Å². The van der Waals surface area contributed by atoms with E-state index in [1.165, 1.54) is 0 Å². The summed E-state index contributed by atoms with van der Waals surface area (Å²) < 4.78 is 4.90. The number of aromatic nitrogens is 1. The Bertz CT molecular complexity index is 323. The smallest absolute Gasteiger partial charge is 0.294 e. The first-order valence-corrected chi connectivity index (χ1v) is 4.28. The molecule has 0 atom stereocenters. The molecule has 1 aromatic heterocycles. The van der Waals surface area contributed by atoms with E-state index in [1.807, 2.05) is 0 Å². The molecule has 4 nitrogen and oxygen atoms in total. The van der Waals surface area contributed by atoms with Crippen molar-refractivity contribution < 1.29 is 14.6 Å². The van der Waals surface area contributed by atoms with Gasteiger partial charge in [0.15, 0.2) is 0 Å². The van der Waals surface area contributed by atoms with Crippen molar-refractivity contribution in [2.24, 2.45) is 0 Å². The number of nitrogens with zero attached hydrogens (tertiary/aromatic N) is 1. The molecule has 0 aliphatic rings. The van der Waals surface area contributed by atoms with Crippen molar-refractivity contribution in [2.75, 3.05) is 0 Å². The van der Waals surface area contributed by atoms with Crippen molar-refractivity contribution in [3.63, 3.8) is 0 Å². The van der Waals surface area contributed by atoms with Gasteiger partial charge in [-0.05, 0) is 19.9 Å². The van der Waals surface area contributed by atoms with Gasteiger partial charge in [0.1, 0.15) is 5.60 Å². The van der Waals surface area contributed by atoms with Crippen molar-refractivity contribution >= 4 is 6.47 Å². The Morgan fingerprint density at radius 3 is 2.93 bits per heavy atom. The second-order valence-electron chi connectivity index (χ2n) is 3.39. The fourth-order valence-electron chi connectivity index (χ4n) is 1.28. The van der Waals surface area contributed by atoms with E-state index < -0.39 is 5.60 Å². The maximum atomic E-state index is 10.3. The standard InChI is InChI=1S/C10H13NO3/c1-10(2,14-7-13)9-8(6-12)4-3-5-11-9/h3-5,7,12H,6H2,1-2H3. The van der Waals surface area contributed by atoms with E-state index in [2.05, 4.69) is 4.98 Å². The monoisotopic (exact) mass is 195 g/mol. The lowest BCUT2D eigenvalue weighted by molar-refractivity contribution is -0.141. The van der Waals surface area contributed by atoms with Crippen LogP contribution in [-0.4, -0.2) is 16.6 Å². The molecule has 0 saturated heterocycles. The van der Waals surface area contributed by atoms with Gasteiger partial charge < -0.3 is 9.84 Å². The molecular formula is C10H13NO3. The summed E-state index contributed by atoms with van der Waals surface area (Å²) in [5.74, 6) is 0. The lowest BCUT2D eigenvalue weighted by Gasteiger charge is -2.23. The molecular weight excluding hydrogens is 182 g/mol. The molecule has 1 aromatic rings. The quantitative estimate of drug-likeness (QED) is 0.727. The summed E-state index contributed by atoms with van der Waals surface area (Å²) in [5, 5.41) is 9.07. The van der Waals surface area contributed by atoms with Crippen LogP contribution in [0, 0.1) is 0 Å². The SMILES string of the molecule is CC(C)(OC=O)c1ncccc1CO. The Balaban J connectivity index is 3.09. The summed E-state index contributed by atoms with van der Waals surface area (Å²) in [6, 6.07) is 3.48. The average Bonchev–Trinajstić information content (AvgIpc) is 2.18. The van der Waals surface area contributed by atoms with Gasteiger partial charge in [-0.25, -0.2) is 0 Å². The molecule has 0 saturated carbocycles. The van der Waals surface area contributed by atoms with Crippen LogP contribution in [0.1, 0.15) is 25.1 Å². The minimum absolute atomic E-state index is 0.116. The fraction of sp³-hybridized carbons (Fsp3) is 0.400. The van der Waals surface area contributed by atoms with Crippen LogP contribution in [-0.2, 0) is 21.7 Å². The van der Waals surface area contributed by atoms with Crippen LogP contribution in [0.5, 0.6) is 0 Å². The molecule has 0 aromatic carbocycles. The highest BCUT2D eigenvalue weighted by molar-refractivity contribution is 5.40. The molecule has 0 radical (unpaired) electrons. The van der Waals surface area contributed by atoms with Gasteiger partial charge in [0.05, 0.1) is 12.3 Å². The Hall–Kier alpha value is -1.42. The van der Waals surface area contributed by atoms with E-state index in [1.54, 1.807) is 32.2 Å². The van der Waals surface area contributed by atoms with E-state index in [0.717, 1.165) is 0 Å². The molecule has 0 amide bonds. The summed E-state index contributed by atoms with van der Waals surface area (Å²) in [6.07, 6.45) is 1.60. The topological polar surface area (TPSA) is 59.4 Å². The van der Waals surface area contributed by atoms with Gasteiger partial charge >= 0.3 is 0 Å². The predicted octanol–water partition coefficient (Wildman–Crippen LogP) is 0.982. The highest BCUT2D eigenvalue weighted by Crippen LogP contribution is 2.24. The summed E-state index contributed by atoms with van der Waals surface area (Å²) in [5.41, 5.74) is 0.440. The normalized spacial score (nSPS) is 11.1. The summed E-state index contributed by atoms with van der Waals surface area (Å²) in [6.45, 7) is 3.72. The van der Waals surface area contributed by atoms with Gasteiger partial charge in [0.25, 0.3) is 6.47 Å². The number of hydrogen-bond donors (Lipinski definition) is 1. The molecule has 4 heteroatoms. The van der Waals surface area contributed by atoms with E-state index in [4.69, 9.17) is 9.84 Å². The predicted molar refractivity (Wildman–Crippen MR) is 50.3 cm³/mol. The second-order valence-corrected chi connectivity index (χ2v) is 3.39. The van der Waals surface area contributed by atoms with Gasteiger partial charge in [-0.1, -0.05) is 6.07 Å². The summed E-state index contributed by atoms with van der Waals surface area (Å²) in [7, 11) is 0. The molecule has 0 spiro atoms. The maximum Gasteiger partial charge on any atom is 0.294 e. The minimum atomic E-state index is -0.804. The number of carbonyl (C=O) groups is 1. The number of aliphatic hydroxyl groups is 1. The number of aliphatic hydroxyl groups excluding tert-OH is 1. The number of carbonyl (C=O) groups excluding carboxylic acids is 1. The third-order valence-corrected chi connectivity index (χ3v) is 1.97. The highest BCUT2D eigenvalue weighted by atomic mass is 16.5. The number of hydrogen-bond acceptors (Lipinski definition) is 4. The van der Waals surface area contributed by atoms with Crippen molar-refractivity contribution in [2.45, 2.75) is 26.1 Å². The third-order valence-electron chi connectivity index (χ3n) is 1.97. The first-order chi connectivity index (χ1) is 6.61. The second kappa shape index (κ2) is 4.19. The zero-order chi connectivity index (χ0) is 10.6. The van der Waals surface area contributed by atoms with Crippen LogP contribution in [0.3, 0.4) is 0 Å². The van der Waals surface area contributed by atoms with Crippen LogP contribution in [0.4, 0.5) is 0 Å². The van der Waals surface area contributed by atoms with E-state index in [-0.39, 0.29) is 6.61 Å². The average molecular weight is 195 g/mol. The molecule has 0 unspecified atom stereocenters. The minimum Gasteiger partial charge on any atom is -0.455 e. The molecule has 1 heterocycles. The Morgan fingerprint density at radius 1 is 1.64 bits per heavy atom. The van der Waals surface area contributed by atoms with E-state index in [0.29, 0.717) is 17.7 Å². The van der Waals surface area contributed by atoms with Crippen LogP contribution < -0.4 is 0 Å². The van der Waals surface area contributed by atoms with Crippen LogP contribution in [0.25, 0.3) is 0 Å². The number of ether oxygens (including phenoxy) is 1. The van der Waals surface area contributed by atoms with Gasteiger partial charge in [-0.3, -0.25) is 9.78 Å². The number of pyridine rings is 1. The van der Waals surface area contributed by atoms with Crippen LogP contribution >= 0.6 is 0 Å². The molecule has 0 bridgehead atoms. The zero-order valence-corrected chi connectivity index (χ0v) is 8.23. The van der Waals surface area contributed by atoms with Gasteiger partial charge in [0.2, 0.25) is 0 Å². The van der Waals surface area contributed by atoms with Crippen molar-refractivity contribution in [1.29, 1.82) is 0 Å². The largest absolute Gasteiger partial charge is 0.455 e. The lowest BCUT2D eigenvalue weighted by atomic mass is 9.99. The molecule has 0 aliphatic heterocycles. The van der Waals surface area contributed by atoms with Crippen molar-refractivity contribution in [3.8, 4) is 0 Å². The fourth-order valence-corrected chi connectivity index (χ4v) is 1.28. The highest BCUT2D eigenvalue weighted by Gasteiger charge is 2.26. The maximum absolute atomic E-state index is 10.3. The Kier molecular flexibility index (Phi) is 3.19. The first-order valence-electron chi connectivity index (χ1n) is 4.28. The molecule has 1 N–H and O–H groups in total. The molecule has 0 fully saturated rings. The Morgan fingerprint density at radius 2 is 2.36 bits per heavy atom. The third kappa shape index (κ3) is 2.09. The van der Waals surface area contributed by atoms with Gasteiger partial charge in [-0.15, -0.1) is 0 Å².